The second-order valence-electron chi connectivity index (χ2n) is 4.89. The summed E-state index contributed by atoms with van der Waals surface area (Å²) in [5.41, 5.74) is 0.520. The van der Waals surface area contributed by atoms with Crippen molar-refractivity contribution in [1.29, 1.82) is 0 Å². The normalized spacial score (nSPS) is 11.6. The minimum Gasteiger partial charge on any atom is -0.481 e. The molecule has 0 bridgehead atoms. The Bertz CT molecular complexity index is 905. The molecule has 8 nitrogen and oxygen atoms in total. The lowest BCUT2D eigenvalue weighted by molar-refractivity contribution is -0.136. The number of aromatic amines is 1. The number of H-pyrrole nitrogens is 1. The summed E-state index contributed by atoms with van der Waals surface area (Å²) >= 11 is 6.03. The number of carbonyl (C=O) groups is 1. The molecule has 0 spiro atoms. The second kappa shape index (κ2) is 6.19. The minimum absolute atomic E-state index is 0.0497. The van der Waals surface area contributed by atoms with Gasteiger partial charge in [-0.15, -0.1) is 0 Å². The first-order chi connectivity index (χ1) is 10.6. The highest BCUT2D eigenvalue weighted by molar-refractivity contribution is 7.85. The average Bonchev–Trinajstić information content (AvgIpc) is 2.76. The Morgan fingerprint density at radius 2 is 2.00 bits per heavy atom. The van der Waals surface area contributed by atoms with Crippen LogP contribution in [0.2, 0.25) is 5.02 Å². The van der Waals surface area contributed by atoms with E-state index >= 15 is 0 Å². The number of hydrogen-bond donors (Lipinski definition) is 3. The van der Waals surface area contributed by atoms with Gasteiger partial charge in [0.1, 0.15) is 0 Å². The molecule has 0 saturated carbocycles. The highest BCUT2D eigenvalue weighted by Crippen LogP contribution is 2.27. The van der Waals surface area contributed by atoms with Crippen molar-refractivity contribution < 1.29 is 22.9 Å². The fourth-order valence-corrected chi connectivity index (χ4v) is 3.13. The Morgan fingerprint density at radius 3 is 2.52 bits per heavy atom. The van der Waals surface area contributed by atoms with Gasteiger partial charge in [0.05, 0.1) is 22.0 Å². The first-order valence-corrected chi connectivity index (χ1v) is 8.22. The van der Waals surface area contributed by atoms with Crippen LogP contribution in [0.15, 0.2) is 27.9 Å². The highest BCUT2D eigenvalue weighted by atomic mass is 35.5. The largest absolute Gasteiger partial charge is 0.481 e. The third-order valence-corrected chi connectivity index (χ3v) is 4.25. The summed E-state index contributed by atoms with van der Waals surface area (Å²) in [6.45, 7) is 1.53. The molecule has 0 unspecified atom stereocenters. The van der Waals surface area contributed by atoms with E-state index in [1.165, 1.54) is 19.1 Å². The summed E-state index contributed by atoms with van der Waals surface area (Å²) in [7, 11) is -4.42. The van der Waals surface area contributed by atoms with Crippen molar-refractivity contribution in [2.75, 3.05) is 0 Å². The monoisotopic (exact) mass is 360 g/mol. The number of rotatable bonds is 5. The van der Waals surface area contributed by atoms with Crippen molar-refractivity contribution in [2.45, 2.75) is 24.7 Å². The molecule has 2 aromatic rings. The molecule has 0 atom stereocenters. The van der Waals surface area contributed by atoms with Gasteiger partial charge in [-0.2, -0.15) is 8.42 Å². The second-order valence-corrected chi connectivity index (χ2v) is 6.72. The van der Waals surface area contributed by atoms with E-state index in [-0.39, 0.29) is 28.4 Å². The number of halogens is 1. The van der Waals surface area contributed by atoms with E-state index in [9.17, 15) is 18.0 Å². The number of hydrogen-bond acceptors (Lipinski definition) is 4. The lowest BCUT2D eigenvalue weighted by Crippen LogP contribution is -2.15. The van der Waals surface area contributed by atoms with Crippen LogP contribution < -0.4 is 5.56 Å². The maximum absolute atomic E-state index is 12.0. The average molecular weight is 361 g/mol. The molecule has 0 fully saturated rings. The van der Waals surface area contributed by atoms with Crippen LogP contribution >= 0.6 is 11.6 Å². The molecule has 0 amide bonds. The number of benzene rings is 1. The predicted molar refractivity (Wildman–Crippen MR) is 81.9 cm³/mol. The van der Waals surface area contributed by atoms with Gasteiger partial charge in [0.2, 0.25) is 0 Å². The summed E-state index contributed by atoms with van der Waals surface area (Å²) in [4.78, 5) is 22.2. The number of nitrogens with zero attached hydrogens (tertiary/aromatic N) is 1. The van der Waals surface area contributed by atoms with Gasteiger partial charge in [0, 0.05) is 11.8 Å². The van der Waals surface area contributed by atoms with Crippen molar-refractivity contribution in [3.8, 4) is 5.69 Å². The van der Waals surface area contributed by atoms with Gasteiger partial charge in [-0.25, -0.2) is 4.68 Å². The summed E-state index contributed by atoms with van der Waals surface area (Å²) in [6.07, 6.45) is -0.00823. The zero-order valence-electron chi connectivity index (χ0n) is 11.9. The number of nitrogens with one attached hydrogen (secondary N) is 1. The van der Waals surface area contributed by atoms with Gasteiger partial charge in [-0.1, -0.05) is 11.6 Å². The van der Waals surface area contributed by atoms with Gasteiger partial charge >= 0.3 is 5.97 Å². The Labute approximate surface area is 136 Å². The molecule has 0 saturated heterocycles. The lowest BCUT2D eigenvalue weighted by atomic mass is 10.2. The van der Waals surface area contributed by atoms with Crippen LogP contribution in [0.5, 0.6) is 0 Å². The van der Waals surface area contributed by atoms with E-state index in [0.717, 1.165) is 10.7 Å². The summed E-state index contributed by atoms with van der Waals surface area (Å²) in [5.74, 6) is -0.995. The maximum Gasteiger partial charge on any atom is 0.303 e. The SMILES string of the molecule is Cc1cc(S(=O)(=O)O)cc(Cl)c1-n1[nH]c(CCC(=O)O)cc1=O. The number of carboxylic acids is 1. The Morgan fingerprint density at radius 1 is 1.35 bits per heavy atom. The summed E-state index contributed by atoms with van der Waals surface area (Å²) in [5, 5.41) is 11.4. The van der Waals surface area contributed by atoms with Crippen molar-refractivity contribution in [3.63, 3.8) is 0 Å². The van der Waals surface area contributed by atoms with Crippen LogP contribution in [0.3, 0.4) is 0 Å². The molecule has 1 aromatic carbocycles. The van der Waals surface area contributed by atoms with Gasteiger partial charge in [-0.05, 0) is 31.0 Å². The molecule has 0 aliphatic heterocycles. The molecule has 1 heterocycles. The molecular formula is C13H13ClN2O6S. The van der Waals surface area contributed by atoms with Crippen molar-refractivity contribution in [3.05, 3.63) is 44.8 Å². The fourth-order valence-electron chi connectivity index (χ4n) is 2.12. The zero-order valence-corrected chi connectivity index (χ0v) is 13.5. The van der Waals surface area contributed by atoms with E-state index in [0.29, 0.717) is 11.3 Å². The fraction of sp³-hybridized carbons (Fsp3) is 0.231. The topological polar surface area (TPSA) is 129 Å². The van der Waals surface area contributed by atoms with E-state index in [2.05, 4.69) is 5.10 Å². The van der Waals surface area contributed by atoms with Gasteiger partial charge in [0.15, 0.2) is 0 Å². The van der Waals surface area contributed by atoms with E-state index < -0.39 is 21.6 Å². The smallest absolute Gasteiger partial charge is 0.303 e. The quantitative estimate of drug-likeness (QED) is 0.691. The van der Waals surface area contributed by atoms with Gasteiger partial charge in [-0.3, -0.25) is 19.2 Å². The molecular weight excluding hydrogens is 348 g/mol. The van der Waals surface area contributed by atoms with Gasteiger partial charge < -0.3 is 5.11 Å². The Kier molecular flexibility index (Phi) is 4.64. The predicted octanol–water partition coefficient (Wildman–Crippen LogP) is 1.39. The summed E-state index contributed by atoms with van der Waals surface area (Å²) < 4.78 is 32.5. The first-order valence-electron chi connectivity index (χ1n) is 6.40. The van der Waals surface area contributed by atoms with Crippen molar-refractivity contribution in [1.82, 2.24) is 9.78 Å². The van der Waals surface area contributed by atoms with Crippen LogP contribution in [-0.4, -0.2) is 33.8 Å². The highest BCUT2D eigenvalue weighted by Gasteiger charge is 2.18. The number of aromatic nitrogens is 2. The number of carboxylic acid groups (broad SMARTS) is 1. The third kappa shape index (κ3) is 3.81. The van der Waals surface area contributed by atoms with E-state index in [1.807, 2.05) is 0 Å². The third-order valence-electron chi connectivity index (χ3n) is 3.13. The molecule has 2 rings (SSSR count). The molecule has 0 radical (unpaired) electrons. The molecule has 0 aliphatic carbocycles. The minimum atomic E-state index is -4.42. The van der Waals surface area contributed by atoms with Crippen molar-refractivity contribution >= 4 is 27.7 Å². The van der Waals surface area contributed by atoms with Crippen LogP contribution in [0.4, 0.5) is 0 Å². The van der Waals surface area contributed by atoms with Gasteiger partial charge in [0.25, 0.3) is 15.7 Å². The van der Waals surface area contributed by atoms with Crippen LogP contribution in [0, 0.1) is 6.92 Å². The van der Waals surface area contributed by atoms with Crippen LogP contribution in [0.25, 0.3) is 5.69 Å². The number of aryl methyl sites for hydroxylation is 2. The van der Waals surface area contributed by atoms with E-state index in [4.69, 9.17) is 21.3 Å². The molecule has 23 heavy (non-hydrogen) atoms. The molecule has 124 valence electrons. The molecule has 10 heteroatoms. The van der Waals surface area contributed by atoms with Crippen LogP contribution in [-0.2, 0) is 21.3 Å². The summed E-state index contributed by atoms with van der Waals surface area (Å²) in [6, 6.07) is 3.46. The zero-order chi connectivity index (χ0) is 17.4. The Balaban J connectivity index is 2.51. The maximum atomic E-state index is 12.0. The first kappa shape index (κ1) is 17.3. The van der Waals surface area contributed by atoms with Crippen molar-refractivity contribution in [2.24, 2.45) is 0 Å². The Hall–Kier alpha value is -2.10. The van der Waals surface area contributed by atoms with E-state index in [1.54, 1.807) is 0 Å². The molecule has 0 aliphatic rings. The lowest BCUT2D eigenvalue weighted by Gasteiger charge is -2.10. The molecule has 1 aromatic heterocycles. The standard InChI is InChI=1S/C13H13ClN2O6S/c1-7-4-9(23(20,21)22)6-10(14)13(7)16-11(17)5-8(15-16)2-3-12(18)19/h4-6,15H,2-3H2,1H3,(H,18,19)(H,20,21,22). The van der Waals surface area contributed by atoms with Crippen LogP contribution in [0.1, 0.15) is 17.7 Å². The molecule has 3 N–H and O–H groups in total. The number of aliphatic carboxylic acids is 1.